The Bertz CT molecular complexity index is 478. The molecular formula is C14H17NO4. The van der Waals surface area contributed by atoms with E-state index in [1.165, 1.54) is 13.2 Å². The quantitative estimate of drug-likeness (QED) is 0.582. The summed E-state index contributed by atoms with van der Waals surface area (Å²) in [6.45, 7) is 0. The van der Waals surface area contributed by atoms with Crippen molar-refractivity contribution in [3.8, 4) is 23.3 Å². The van der Waals surface area contributed by atoms with Gasteiger partial charge in [0, 0.05) is 6.42 Å². The number of ether oxygens (including phenoxy) is 4. The van der Waals surface area contributed by atoms with E-state index in [4.69, 9.17) is 24.2 Å². The van der Waals surface area contributed by atoms with Crippen LogP contribution < -0.4 is 14.2 Å². The zero-order chi connectivity index (χ0) is 14.3. The Balaban J connectivity index is 3.16. The number of benzene rings is 1. The van der Waals surface area contributed by atoms with Crippen molar-refractivity contribution in [2.24, 2.45) is 0 Å². The Morgan fingerprint density at radius 2 is 1.68 bits per heavy atom. The number of nitrogens with zero attached hydrogens (tertiary/aromatic N) is 1. The third-order valence-corrected chi connectivity index (χ3v) is 2.59. The first-order valence-electron chi connectivity index (χ1n) is 5.61. The highest BCUT2D eigenvalue weighted by molar-refractivity contribution is 5.54. The summed E-state index contributed by atoms with van der Waals surface area (Å²) in [5.74, 6) is 2.25. The van der Waals surface area contributed by atoms with Gasteiger partial charge in [-0.25, -0.2) is 0 Å². The summed E-state index contributed by atoms with van der Waals surface area (Å²) < 4.78 is 20.9. The van der Waals surface area contributed by atoms with Crippen molar-refractivity contribution in [2.75, 3.05) is 28.4 Å². The first kappa shape index (κ1) is 14.7. The van der Waals surface area contributed by atoms with Crippen LogP contribution in [0, 0.1) is 11.3 Å². The molecular weight excluding hydrogens is 246 g/mol. The van der Waals surface area contributed by atoms with Crippen LogP contribution in [0.5, 0.6) is 17.2 Å². The van der Waals surface area contributed by atoms with Crippen molar-refractivity contribution >= 4 is 0 Å². The fraction of sp³-hybridized carbons (Fsp3) is 0.357. The highest BCUT2D eigenvalue weighted by Crippen LogP contribution is 2.38. The first-order valence-corrected chi connectivity index (χ1v) is 5.61. The maximum atomic E-state index is 8.65. The second-order valence-electron chi connectivity index (χ2n) is 3.65. The van der Waals surface area contributed by atoms with E-state index in [1.54, 1.807) is 21.3 Å². The Labute approximate surface area is 113 Å². The van der Waals surface area contributed by atoms with Gasteiger partial charge in [-0.2, -0.15) is 5.26 Å². The molecule has 0 amide bonds. The Morgan fingerprint density at radius 1 is 1.11 bits per heavy atom. The predicted molar refractivity (Wildman–Crippen MR) is 70.5 cm³/mol. The fourth-order valence-corrected chi connectivity index (χ4v) is 1.69. The van der Waals surface area contributed by atoms with Gasteiger partial charge in [0.15, 0.2) is 11.5 Å². The van der Waals surface area contributed by atoms with Gasteiger partial charge in [0.1, 0.15) is 5.76 Å². The van der Waals surface area contributed by atoms with E-state index in [0.29, 0.717) is 29.4 Å². The molecule has 0 fully saturated rings. The number of hydrogen-bond acceptors (Lipinski definition) is 5. The van der Waals surface area contributed by atoms with Gasteiger partial charge in [0.25, 0.3) is 0 Å². The molecule has 0 aromatic heterocycles. The molecule has 5 heteroatoms. The molecule has 1 aromatic rings. The molecule has 0 atom stereocenters. The highest BCUT2D eigenvalue weighted by atomic mass is 16.5. The van der Waals surface area contributed by atoms with Crippen LogP contribution in [0.2, 0.25) is 0 Å². The van der Waals surface area contributed by atoms with Crippen LogP contribution in [0.1, 0.15) is 5.56 Å². The largest absolute Gasteiger partial charge is 0.500 e. The van der Waals surface area contributed by atoms with E-state index in [1.807, 2.05) is 18.2 Å². The summed E-state index contributed by atoms with van der Waals surface area (Å²) in [6, 6.07) is 5.59. The smallest absolute Gasteiger partial charge is 0.203 e. The third-order valence-electron chi connectivity index (χ3n) is 2.59. The van der Waals surface area contributed by atoms with E-state index < -0.39 is 0 Å². The highest BCUT2D eigenvalue weighted by Gasteiger charge is 2.13. The van der Waals surface area contributed by atoms with Gasteiger partial charge >= 0.3 is 0 Å². The topological polar surface area (TPSA) is 60.7 Å². The van der Waals surface area contributed by atoms with Crippen molar-refractivity contribution in [3.05, 3.63) is 29.5 Å². The summed E-state index contributed by atoms with van der Waals surface area (Å²) in [5, 5.41) is 8.65. The second-order valence-corrected chi connectivity index (χ2v) is 3.65. The minimum atomic E-state index is 0.473. The molecule has 0 heterocycles. The lowest BCUT2D eigenvalue weighted by Crippen LogP contribution is -1.99. The molecule has 102 valence electrons. The lowest BCUT2D eigenvalue weighted by Gasteiger charge is -2.14. The molecule has 0 aliphatic heterocycles. The van der Waals surface area contributed by atoms with Crippen molar-refractivity contribution in [2.45, 2.75) is 6.42 Å². The summed E-state index contributed by atoms with van der Waals surface area (Å²) in [5.41, 5.74) is 0.901. The number of allylic oxidation sites excluding steroid dienone is 2. The minimum absolute atomic E-state index is 0.473. The average Bonchev–Trinajstić information content (AvgIpc) is 2.45. The van der Waals surface area contributed by atoms with Crippen molar-refractivity contribution in [3.63, 3.8) is 0 Å². The third kappa shape index (κ3) is 3.55. The number of hydrogen-bond donors (Lipinski definition) is 0. The number of methoxy groups -OCH3 is 4. The van der Waals surface area contributed by atoms with Gasteiger partial charge in [0.05, 0.1) is 40.6 Å². The lowest BCUT2D eigenvalue weighted by atomic mass is 10.1. The molecule has 0 unspecified atom stereocenters. The molecule has 0 aliphatic carbocycles. The SMILES string of the molecule is COC(=CC#N)Cc1cc(OC)c(OC)c(OC)c1. The van der Waals surface area contributed by atoms with E-state index in [2.05, 4.69) is 0 Å². The van der Waals surface area contributed by atoms with Crippen LogP contribution in [0.25, 0.3) is 0 Å². The average molecular weight is 263 g/mol. The molecule has 19 heavy (non-hydrogen) atoms. The van der Waals surface area contributed by atoms with Crippen LogP contribution in [0.15, 0.2) is 24.0 Å². The van der Waals surface area contributed by atoms with Gasteiger partial charge in [-0.1, -0.05) is 0 Å². The second kappa shape index (κ2) is 7.17. The summed E-state index contributed by atoms with van der Waals surface area (Å²) in [4.78, 5) is 0. The normalized spacial score (nSPS) is 10.6. The molecule has 1 rings (SSSR count). The van der Waals surface area contributed by atoms with Crippen LogP contribution in [0.3, 0.4) is 0 Å². The number of nitriles is 1. The van der Waals surface area contributed by atoms with E-state index in [0.717, 1.165) is 5.56 Å². The maximum absolute atomic E-state index is 8.65. The molecule has 0 bridgehead atoms. The zero-order valence-corrected chi connectivity index (χ0v) is 11.5. The summed E-state index contributed by atoms with van der Waals surface area (Å²) in [6.07, 6.45) is 1.84. The molecule has 1 aromatic carbocycles. The molecule has 0 radical (unpaired) electrons. The van der Waals surface area contributed by atoms with E-state index in [-0.39, 0.29) is 0 Å². The predicted octanol–water partition coefficient (Wildman–Crippen LogP) is 2.31. The standard InChI is InChI=1S/C14H17NO4/c1-16-11(5-6-15)7-10-8-12(17-2)14(19-4)13(9-10)18-3/h5,8-9H,7H2,1-4H3. The van der Waals surface area contributed by atoms with Gasteiger partial charge < -0.3 is 18.9 Å². The Kier molecular flexibility index (Phi) is 5.55. The van der Waals surface area contributed by atoms with Gasteiger partial charge in [-0.3, -0.25) is 0 Å². The summed E-state index contributed by atoms with van der Waals surface area (Å²) in [7, 11) is 6.20. The molecule has 0 saturated carbocycles. The molecule has 0 aliphatic rings. The van der Waals surface area contributed by atoms with Gasteiger partial charge in [0.2, 0.25) is 5.75 Å². The Hall–Kier alpha value is -2.35. The van der Waals surface area contributed by atoms with Crippen molar-refractivity contribution in [1.82, 2.24) is 0 Å². The molecule has 0 saturated heterocycles. The van der Waals surface area contributed by atoms with Crippen LogP contribution in [-0.4, -0.2) is 28.4 Å². The number of rotatable bonds is 6. The molecule has 5 nitrogen and oxygen atoms in total. The van der Waals surface area contributed by atoms with Crippen LogP contribution in [0.4, 0.5) is 0 Å². The van der Waals surface area contributed by atoms with Crippen molar-refractivity contribution in [1.29, 1.82) is 5.26 Å². The minimum Gasteiger partial charge on any atom is -0.500 e. The summed E-state index contributed by atoms with van der Waals surface area (Å²) >= 11 is 0. The van der Waals surface area contributed by atoms with Gasteiger partial charge in [-0.15, -0.1) is 0 Å². The van der Waals surface area contributed by atoms with Crippen LogP contribution >= 0.6 is 0 Å². The Morgan fingerprint density at radius 3 is 2.05 bits per heavy atom. The monoisotopic (exact) mass is 263 g/mol. The van der Waals surface area contributed by atoms with Gasteiger partial charge in [-0.05, 0) is 17.7 Å². The lowest BCUT2D eigenvalue weighted by molar-refractivity contribution is 0.283. The zero-order valence-electron chi connectivity index (χ0n) is 11.5. The molecule has 0 spiro atoms. The fourth-order valence-electron chi connectivity index (χ4n) is 1.69. The maximum Gasteiger partial charge on any atom is 0.203 e. The van der Waals surface area contributed by atoms with Crippen molar-refractivity contribution < 1.29 is 18.9 Å². The van der Waals surface area contributed by atoms with E-state index >= 15 is 0 Å². The van der Waals surface area contributed by atoms with Crippen LogP contribution in [-0.2, 0) is 11.2 Å². The first-order chi connectivity index (χ1) is 9.19. The molecule has 0 N–H and O–H groups in total. The van der Waals surface area contributed by atoms with E-state index in [9.17, 15) is 0 Å².